The molecular weight excluding hydrogens is 340 g/mol. The summed E-state index contributed by atoms with van der Waals surface area (Å²) in [7, 11) is 0. The second-order valence-electron chi connectivity index (χ2n) is 10.6. The maximum atomic E-state index is 12.7. The molecule has 0 spiro atoms. The minimum atomic E-state index is -0.922. The SMILES string of the molecule is CC(=O)O[C@]1(C(C)=O)CC[C@H]2[C@@H]3CC[C@@H]4C[C@@H](O)CC[C@]4(C)[C@H]3CC[C@@]21C. The molecule has 27 heavy (non-hydrogen) atoms. The molecule has 0 bridgehead atoms. The van der Waals surface area contributed by atoms with Crippen molar-refractivity contribution in [1.82, 2.24) is 0 Å². The Morgan fingerprint density at radius 3 is 2.30 bits per heavy atom. The summed E-state index contributed by atoms with van der Waals surface area (Å²) in [6, 6.07) is 0. The molecule has 4 saturated carbocycles. The van der Waals surface area contributed by atoms with Gasteiger partial charge in [0.05, 0.1) is 6.10 Å². The van der Waals surface area contributed by atoms with E-state index >= 15 is 0 Å². The predicted octanol–water partition coefficient (Wildman–Crippen LogP) is 4.28. The van der Waals surface area contributed by atoms with Gasteiger partial charge in [-0.05, 0) is 93.8 Å². The van der Waals surface area contributed by atoms with Crippen LogP contribution in [0, 0.1) is 34.5 Å². The van der Waals surface area contributed by atoms with E-state index in [0.29, 0.717) is 35.5 Å². The average molecular weight is 377 g/mol. The number of esters is 1. The van der Waals surface area contributed by atoms with Crippen LogP contribution in [0.3, 0.4) is 0 Å². The summed E-state index contributed by atoms with van der Waals surface area (Å²) in [6.07, 6.45) is 9.08. The Bertz CT molecular complexity index is 644. The number of rotatable bonds is 2. The van der Waals surface area contributed by atoms with Crippen LogP contribution >= 0.6 is 0 Å². The number of aliphatic hydroxyl groups excluding tert-OH is 1. The van der Waals surface area contributed by atoms with Gasteiger partial charge in [0.2, 0.25) is 0 Å². The van der Waals surface area contributed by atoms with Gasteiger partial charge in [-0.15, -0.1) is 0 Å². The lowest BCUT2D eigenvalue weighted by molar-refractivity contribution is -0.192. The molecule has 4 nitrogen and oxygen atoms in total. The first-order valence-electron chi connectivity index (χ1n) is 11.0. The molecular formula is C23H36O4. The second kappa shape index (κ2) is 6.30. The summed E-state index contributed by atoms with van der Waals surface area (Å²) in [6.45, 7) is 7.75. The highest BCUT2D eigenvalue weighted by molar-refractivity contribution is 5.89. The van der Waals surface area contributed by atoms with Crippen molar-refractivity contribution < 1.29 is 19.4 Å². The maximum absolute atomic E-state index is 12.7. The lowest BCUT2D eigenvalue weighted by Gasteiger charge is -2.61. The molecule has 0 aromatic carbocycles. The Balaban J connectivity index is 1.66. The molecule has 1 N–H and O–H groups in total. The largest absolute Gasteiger partial charge is 0.451 e. The van der Waals surface area contributed by atoms with E-state index in [4.69, 9.17) is 4.74 Å². The molecule has 4 aliphatic carbocycles. The number of aliphatic hydroxyl groups is 1. The summed E-state index contributed by atoms with van der Waals surface area (Å²) >= 11 is 0. The van der Waals surface area contributed by atoms with Gasteiger partial charge in [-0.2, -0.15) is 0 Å². The zero-order valence-electron chi connectivity index (χ0n) is 17.4. The van der Waals surface area contributed by atoms with Crippen LogP contribution in [0.25, 0.3) is 0 Å². The number of fused-ring (bicyclic) bond motifs is 5. The van der Waals surface area contributed by atoms with Crippen molar-refractivity contribution in [3.8, 4) is 0 Å². The third kappa shape index (κ3) is 2.58. The highest BCUT2D eigenvalue weighted by atomic mass is 16.6. The van der Waals surface area contributed by atoms with Crippen molar-refractivity contribution >= 4 is 11.8 Å². The first-order chi connectivity index (χ1) is 12.6. The van der Waals surface area contributed by atoms with Crippen LogP contribution < -0.4 is 0 Å². The van der Waals surface area contributed by atoms with Crippen LogP contribution in [0.2, 0.25) is 0 Å². The molecule has 4 aliphatic rings. The van der Waals surface area contributed by atoms with Gasteiger partial charge in [0.25, 0.3) is 0 Å². The Hall–Kier alpha value is -0.900. The van der Waals surface area contributed by atoms with Gasteiger partial charge in [-0.3, -0.25) is 9.59 Å². The van der Waals surface area contributed by atoms with Crippen molar-refractivity contribution in [2.45, 2.75) is 97.2 Å². The van der Waals surface area contributed by atoms with E-state index in [0.717, 1.165) is 38.5 Å². The Morgan fingerprint density at radius 1 is 0.926 bits per heavy atom. The Morgan fingerprint density at radius 2 is 1.63 bits per heavy atom. The van der Waals surface area contributed by atoms with Crippen molar-refractivity contribution in [3.05, 3.63) is 0 Å². The molecule has 0 amide bonds. The number of ketones is 1. The van der Waals surface area contributed by atoms with E-state index in [-0.39, 0.29) is 23.3 Å². The number of carbonyl (C=O) groups excluding carboxylic acids is 2. The van der Waals surface area contributed by atoms with Crippen molar-refractivity contribution in [3.63, 3.8) is 0 Å². The molecule has 152 valence electrons. The van der Waals surface area contributed by atoms with E-state index in [1.54, 1.807) is 6.92 Å². The molecule has 0 heterocycles. The van der Waals surface area contributed by atoms with Crippen LogP contribution in [0.1, 0.15) is 85.5 Å². The van der Waals surface area contributed by atoms with Crippen molar-refractivity contribution in [2.24, 2.45) is 34.5 Å². The predicted molar refractivity (Wildman–Crippen MR) is 103 cm³/mol. The number of carbonyl (C=O) groups is 2. The van der Waals surface area contributed by atoms with E-state index in [2.05, 4.69) is 13.8 Å². The topological polar surface area (TPSA) is 63.6 Å². The van der Waals surface area contributed by atoms with Crippen LogP contribution in [-0.4, -0.2) is 28.6 Å². The minimum absolute atomic E-state index is 0.0295. The van der Waals surface area contributed by atoms with E-state index < -0.39 is 5.60 Å². The van der Waals surface area contributed by atoms with Gasteiger partial charge >= 0.3 is 5.97 Å². The van der Waals surface area contributed by atoms with Gasteiger partial charge in [0.15, 0.2) is 11.4 Å². The standard InChI is InChI=1S/C23H36O4/c1-14(24)23(27-15(2)25)12-9-20-18-6-5-16-13-17(26)7-10-21(16,3)19(18)8-11-22(20,23)4/h16-20,26H,5-13H2,1-4H3/t16-,17+,18-,19+,20+,21+,22+,23+/m1/s1. The quantitative estimate of drug-likeness (QED) is 0.731. The summed E-state index contributed by atoms with van der Waals surface area (Å²) in [4.78, 5) is 24.6. The lowest BCUT2D eigenvalue weighted by Crippen LogP contribution is -2.59. The number of hydrogen-bond donors (Lipinski definition) is 1. The zero-order valence-corrected chi connectivity index (χ0v) is 17.4. The van der Waals surface area contributed by atoms with E-state index in [1.807, 2.05) is 0 Å². The smallest absolute Gasteiger partial charge is 0.303 e. The van der Waals surface area contributed by atoms with E-state index in [1.165, 1.54) is 19.8 Å². The van der Waals surface area contributed by atoms with E-state index in [9.17, 15) is 14.7 Å². The number of hydrogen-bond acceptors (Lipinski definition) is 4. The second-order valence-corrected chi connectivity index (χ2v) is 10.6. The van der Waals surface area contributed by atoms with Gasteiger partial charge < -0.3 is 9.84 Å². The first kappa shape index (κ1) is 19.4. The molecule has 0 aliphatic heterocycles. The fourth-order valence-electron chi connectivity index (χ4n) is 8.30. The molecule has 4 rings (SSSR count). The average Bonchev–Trinajstić information content (AvgIpc) is 2.89. The molecule has 0 aromatic rings. The highest BCUT2D eigenvalue weighted by Gasteiger charge is 2.68. The lowest BCUT2D eigenvalue weighted by atomic mass is 9.44. The maximum Gasteiger partial charge on any atom is 0.303 e. The monoisotopic (exact) mass is 376 g/mol. The molecule has 0 unspecified atom stereocenters. The molecule has 4 fully saturated rings. The fourth-order valence-corrected chi connectivity index (χ4v) is 8.30. The third-order valence-electron chi connectivity index (χ3n) is 9.64. The summed E-state index contributed by atoms with van der Waals surface area (Å²) < 4.78 is 5.84. The molecule has 0 aromatic heterocycles. The Labute approximate surface area is 163 Å². The molecule has 8 atom stereocenters. The molecule has 0 saturated heterocycles. The third-order valence-corrected chi connectivity index (χ3v) is 9.64. The van der Waals surface area contributed by atoms with Crippen LogP contribution in [-0.2, 0) is 14.3 Å². The van der Waals surface area contributed by atoms with Crippen molar-refractivity contribution in [1.29, 1.82) is 0 Å². The number of Topliss-reactive ketones (excluding diaryl/α,β-unsaturated/α-hetero) is 1. The van der Waals surface area contributed by atoms with Gasteiger partial charge in [0.1, 0.15) is 0 Å². The molecule has 4 heteroatoms. The fraction of sp³-hybridized carbons (Fsp3) is 0.913. The number of ether oxygens (including phenoxy) is 1. The van der Waals surface area contributed by atoms with Gasteiger partial charge in [0, 0.05) is 12.3 Å². The highest BCUT2D eigenvalue weighted by Crippen LogP contribution is 2.69. The van der Waals surface area contributed by atoms with Crippen molar-refractivity contribution in [2.75, 3.05) is 0 Å². The van der Waals surface area contributed by atoms with Crippen LogP contribution in [0.15, 0.2) is 0 Å². The van der Waals surface area contributed by atoms with Gasteiger partial charge in [-0.25, -0.2) is 0 Å². The first-order valence-corrected chi connectivity index (χ1v) is 11.0. The minimum Gasteiger partial charge on any atom is -0.451 e. The zero-order chi connectivity index (χ0) is 19.6. The van der Waals surface area contributed by atoms with Crippen LogP contribution in [0.5, 0.6) is 0 Å². The molecule has 0 radical (unpaired) electrons. The summed E-state index contributed by atoms with van der Waals surface area (Å²) in [5.41, 5.74) is -0.829. The summed E-state index contributed by atoms with van der Waals surface area (Å²) in [5, 5.41) is 10.2. The summed E-state index contributed by atoms with van der Waals surface area (Å²) in [5.74, 6) is 2.11. The Kier molecular flexibility index (Phi) is 4.53. The van der Waals surface area contributed by atoms with Crippen LogP contribution in [0.4, 0.5) is 0 Å². The van der Waals surface area contributed by atoms with Gasteiger partial charge in [-0.1, -0.05) is 13.8 Å². The normalized spacial score (nSPS) is 51.7.